The highest BCUT2D eigenvalue weighted by Gasteiger charge is 2.34. The predicted octanol–water partition coefficient (Wildman–Crippen LogP) is 3.61. The van der Waals surface area contributed by atoms with Crippen LogP contribution in [0.25, 0.3) is 10.8 Å². The second kappa shape index (κ2) is 4.17. The van der Waals surface area contributed by atoms with Gasteiger partial charge in [-0.25, -0.2) is 0 Å². The highest BCUT2D eigenvalue weighted by atomic mass is 79.9. The smallest absolute Gasteiger partial charge is 0.261 e. The molecular weight excluding hydrogens is 306 g/mol. The lowest BCUT2D eigenvalue weighted by Gasteiger charge is -2.30. The van der Waals surface area contributed by atoms with Gasteiger partial charge >= 0.3 is 0 Å². The van der Waals surface area contributed by atoms with Gasteiger partial charge in [0, 0.05) is 27.0 Å². The number of carbonyl (C=O) groups is 2. The number of rotatable bonds is 1. The van der Waals surface area contributed by atoms with Crippen LogP contribution in [0.4, 0.5) is 0 Å². The molecule has 3 nitrogen and oxygen atoms in total. The van der Waals surface area contributed by atoms with Gasteiger partial charge in [-0.1, -0.05) is 28.1 Å². The lowest BCUT2D eigenvalue weighted by atomic mass is 9.93. The minimum atomic E-state index is -0.212. The molecule has 1 heterocycles. The third kappa shape index (κ3) is 1.63. The van der Waals surface area contributed by atoms with Gasteiger partial charge in [0.15, 0.2) is 0 Å². The fourth-order valence-electron chi connectivity index (χ4n) is 2.55. The van der Waals surface area contributed by atoms with Crippen molar-refractivity contribution in [1.82, 2.24) is 4.90 Å². The fraction of sp³-hybridized carbons (Fsp3) is 0.200. The summed E-state index contributed by atoms with van der Waals surface area (Å²) >= 11 is 3.47. The molecule has 4 heteroatoms. The normalized spacial score (nSPS) is 14.6. The van der Waals surface area contributed by atoms with Crippen molar-refractivity contribution in [2.75, 3.05) is 0 Å². The Bertz CT molecular complexity index is 699. The summed E-state index contributed by atoms with van der Waals surface area (Å²) in [5, 5.41) is 1.66. The lowest BCUT2D eigenvalue weighted by Crippen LogP contribution is -2.44. The zero-order valence-electron chi connectivity index (χ0n) is 10.6. The second-order valence-electron chi connectivity index (χ2n) is 4.90. The van der Waals surface area contributed by atoms with E-state index >= 15 is 0 Å². The Balaban J connectivity index is 2.42. The van der Waals surface area contributed by atoms with E-state index in [4.69, 9.17) is 0 Å². The van der Waals surface area contributed by atoms with Gasteiger partial charge in [0.25, 0.3) is 11.8 Å². The Morgan fingerprint density at radius 3 is 2.26 bits per heavy atom. The molecule has 0 aromatic heterocycles. The molecule has 2 aromatic carbocycles. The van der Waals surface area contributed by atoms with Gasteiger partial charge in [0.1, 0.15) is 0 Å². The summed E-state index contributed by atoms with van der Waals surface area (Å²) in [5.74, 6) is -0.424. The van der Waals surface area contributed by atoms with Gasteiger partial charge in [-0.05, 0) is 37.4 Å². The molecule has 2 aromatic rings. The summed E-state index contributed by atoms with van der Waals surface area (Å²) in [7, 11) is 0. The van der Waals surface area contributed by atoms with E-state index < -0.39 is 0 Å². The summed E-state index contributed by atoms with van der Waals surface area (Å²) in [6.45, 7) is 3.69. The molecule has 2 amide bonds. The van der Waals surface area contributed by atoms with Gasteiger partial charge in [-0.3, -0.25) is 14.5 Å². The van der Waals surface area contributed by atoms with Crippen molar-refractivity contribution in [1.29, 1.82) is 0 Å². The zero-order valence-corrected chi connectivity index (χ0v) is 12.2. The number of hydrogen-bond donors (Lipinski definition) is 0. The van der Waals surface area contributed by atoms with Crippen LogP contribution in [0.5, 0.6) is 0 Å². The van der Waals surface area contributed by atoms with Gasteiger partial charge in [0.2, 0.25) is 0 Å². The average Bonchev–Trinajstić information content (AvgIpc) is 2.37. The Morgan fingerprint density at radius 2 is 1.63 bits per heavy atom. The first-order valence-corrected chi connectivity index (χ1v) is 6.91. The maximum atomic E-state index is 12.5. The number of carbonyl (C=O) groups excluding carboxylic acids is 2. The SMILES string of the molecule is CC(C)N1C(=O)c2cccc3c(Br)ccc(c23)C1=O. The molecule has 0 unspecified atom stereocenters. The highest BCUT2D eigenvalue weighted by Crippen LogP contribution is 2.34. The number of hydrogen-bond acceptors (Lipinski definition) is 2. The van der Waals surface area contributed by atoms with E-state index in [2.05, 4.69) is 15.9 Å². The molecule has 0 bridgehead atoms. The van der Waals surface area contributed by atoms with Crippen molar-refractivity contribution >= 4 is 38.5 Å². The minimum absolute atomic E-state index is 0.146. The van der Waals surface area contributed by atoms with Crippen molar-refractivity contribution in [2.24, 2.45) is 0 Å². The summed E-state index contributed by atoms with van der Waals surface area (Å²) in [4.78, 5) is 26.2. The third-order valence-corrected chi connectivity index (χ3v) is 4.09. The number of amides is 2. The van der Waals surface area contributed by atoms with E-state index in [1.807, 2.05) is 32.0 Å². The quantitative estimate of drug-likeness (QED) is 0.753. The van der Waals surface area contributed by atoms with Crippen LogP contribution in [0.1, 0.15) is 34.6 Å². The second-order valence-corrected chi connectivity index (χ2v) is 5.75. The number of nitrogens with zero attached hydrogens (tertiary/aromatic N) is 1. The molecule has 0 aliphatic carbocycles. The molecular formula is C15H12BrNO2. The van der Waals surface area contributed by atoms with E-state index in [1.54, 1.807) is 12.1 Å². The van der Waals surface area contributed by atoms with Crippen LogP contribution in [-0.2, 0) is 0 Å². The fourth-order valence-corrected chi connectivity index (χ4v) is 3.01. The van der Waals surface area contributed by atoms with Crippen LogP contribution in [0.15, 0.2) is 34.8 Å². The standard InChI is InChI=1S/C15H12BrNO2/c1-8(2)17-14(18)10-5-3-4-9-12(16)7-6-11(13(9)10)15(17)19/h3-8H,1-2H3. The maximum Gasteiger partial charge on any atom is 0.261 e. The number of benzene rings is 2. The molecule has 19 heavy (non-hydrogen) atoms. The van der Waals surface area contributed by atoms with Gasteiger partial charge in [0.05, 0.1) is 0 Å². The molecule has 0 N–H and O–H groups in total. The van der Waals surface area contributed by atoms with E-state index in [9.17, 15) is 9.59 Å². The van der Waals surface area contributed by atoms with Gasteiger partial charge in [-0.15, -0.1) is 0 Å². The predicted molar refractivity (Wildman–Crippen MR) is 77.3 cm³/mol. The molecule has 96 valence electrons. The van der Waals surface area contributed by atoms with E-state index in [1.165, 1.54) is 4.90 Å². The van der Waals surface area contributed by atoms with Crippen molar-refractivity contribution in [3.05, 3.63) is 45.9 Å². The minimum Gasteiger partial charge on any atom is -0.272 e. The molecule has 0 radical (unpaired) electrons. The molecule has 0 saturated heterocycles. The first-order valence-electron chi connectivity index (χ1n) is 6.11. The van der Waals surface area contributed by atoms with Crippen molar-refractivity contribution < 1.29 is 9.59 Å². The summed E-state index contributed by atoms with van der Waals surface area (Å²) < 4.78 is 0.895. The van der Waals surface area contributed by atoms with Crippen LogP contribution in [0.3, 0.4) is 0 Å². The Morgan fingerprint density at radius 1 is 1.00 bits per heavy atom. The molecule has 0 fully saturated rings. The maximum absolute atomic E-state index is 12.5. The number of imide groups is 1. The van der Waals surface area contributed by atoms with E-state index in [0.717, 1.165) is 15.2 Å². The van der Waals surface area contributed by atoms with Gasteiger partial charge < -0.3 is 0 Å². The van der Waals surface area contributed by atoms with Crippen LogP contribution in [0, 0.1) is 0 Å². The molecule has 1 aliphatic heterocycles. The van der Waals surface area contributed by atoms with Crippen molar-refractivity contribution in [2.45, 2.75) is 19.9 Å². The van der Waals surface area contributed by atoms with Crippen LogP contribution < -0.4 is 0 Å². The summed E-state index contributed by atoms with van der Waals surface area (Å²) in [6, 6.07) is 9.03. The Kier molecular flexibility index (Phi) is 2.71. The topological polar surface area (TPSA) is 37.4 Å². The first kappa shape index (κ1) is 12.4. The van der Waals surface area contributed by atoms with E-state index in [0.29, 0.717) is 11.1 Å². The summed E-state index contributed by atoms with van der Waals surface area (Å²) in [5.41, 5.74) is 1.20. The van der Waals surface area contributed by atoms with Crippen molar-refractivity contribution in [3.63, 3.8) is 0 Å². The van der Waals surface area contributed by atoms with Crippen LogP contribution >= 0.6 is 15.9 Å². The average molecular weight is 318 g/mol. The molecule has 0 saturated carbocycles. The molecule has 3 rings (SSSR count). The third-order valence-electron chi connectivity index (χ3n) is 3.40. The molecule has 0 spiro atoms. The Hall–Kier alpha value is -1.68. The van der Waals surface area contributed by atoms with Crippen LogP contribution in [-0.4, -0.2) is 22.8 Å². The first-order chi connectivity index (χ1) is 9.02. The van der Waals surface area contributed by atoms with Gasteiger partial charge in [-0.2, -0.15) is 0 Å². The number of halogens is 1. The molecule has 1 aliphatic rings. The summed E-state index contributed by atoms with van der Waals surface area (Å²) in [6.07, 6.45) is 0. The largest absolute Gasteiger partial charge is 0.272 e. The Labute approximate surface area is 119 Å². The van der Waals surface area contributed by atoms with Crippen LogP contribution in [0.2, 0.25) is 0 Å². The highest BCUT2D eigenvalue weighted by molar-refractivity contribution is 9.10. The van der Waals surface area contributed by atoms with Crippen molar-refractivity contribution in [3.8, 4) is 0 Å². The molecule has 0 atom stereocenters. The lowest BCUT2D eigenvalue weighted by molar-refractivity contribution is 0.0564. The monoisotopic (exact) mass is 317 g/mol. The van der Waals surface area contributed by atoms with E-state index in [-0.39, 0.29) is 17.9 Å². The zero-order chi connectivity index (χ0) is 13.7.